The van der Waals surface area contributed by atoms with E-state index in [1.165, 1.54) is 4.90 Å². The molecule has 1 aromatic carbocycles. The number of nitro benzene ring substituents is 1. The molecule has 96 valence electrons. The van der Waals surface area contributed by atoms with Gasteiger partial charge >= 0.3 is 5.69 Å². The normalized spacial score (nSPS) is 19.3. The van der Waals surface area contributed by atoms with E-state index in [4.69, 9.17) is 17.3 Å². The van der Waals surface area contributed by atoms with Crippen LogP contribution >= 0.6 is 11.6 Å². The lowest BCUT2D eigenvalue weighted by molar-refractivity contribution is -0.387. The number of nitrogens with zero attached hydrogens (tertiary/aromatic N) is 2. The van der Waals surface area contributed by atoms with E-state index in [1.807, 2.05) is 0 Å². The second-order valence-electron chi connectivity index (χ2n) is 3.93. The fourth-order valence-electron chi connectivity index (χ4n) is 1.84. The fraction of sp³-hybridized carbons (Fsp3) is 0.300. The van der Waals surface area contributed by atoms with Crippen LogP contribution in [-0.2, 0) is 4.79 Å². The number of carbonyl (C=O) groups excluding carboxylic acids is 1. The van der Waals surface area contributed by atoms with Gasteiger partial charge in [-0.25, -0.2) is 0 Å². The van der Waals surface area contributed by atoms with Crippen molar-refractivity contribution in [2.24, 2.45) is 0 Å². The predicted molar refractivity (Wildman–Crippen MR) is 64.1 cm³/mol. The Hall–Kier alpha value is -1.89. The van der Waals surface area contributed by atoms with Crippen molar-refractivity contribution in [3.8, 4) is 0 Å². The third-order valence-electron chi connectivity index (χ3n) is 2.66. The zero-order valence-electron chi connectivity index (χ0n) is 9.10. The second-order valence-corrected chi connectivity index (χ2v) is 4.54. The molecular formula is C10H9ClFN3O3. The van der Waals surface area contributed by atoms with Crippen LogP contribution in [0.15, 0.2) is 12.1 Å². The van der Waals surface area contributed by atoms with Gasteiger partial charge in [-0.15, -0.1) is 11.6 Å². The van der Waals surface area contributed by atoms with Crippen molar-refractivity contribution in [2.45, 2.75) is 11.8 Å². The highest BCUT2D eigenvalue weighted by Crippen LogP contribution is 2.34. The van der Waals surface area contributed by atoms with E-state index in [0.717, 1.165) is 12.1 Å². The minimum Gasteiger partial charge on any atom is -0.397 e. The first-order valence-corrected chi connectivity index (χ1v) is 5.51. The van der Waals surface area contributed by atoms with Gasteiger partial charge in [0.25, 0.3) is 0 Å². The van der Waals surface area contributed by atoms with Crippen molar-refractivity contribution in [2.75, 3.05) is 17.2 Å². The Kier molecular flexibility index (Phi) is 3.08. The molecule has 1 atom stereocenters. The molecule has 2 rings (SSSR count). The number of carbonyl (C=O) groups is 1. The zero-order chi connectivity index (χ0) is 13.4. The number of nitrogen functional groups attached to an aromatic ring is 1. The number of alkyl halides is 1. The number of rotatable bonds is 2. The molecule has 0 aromatic heterocycles. The van der Waals surface area contributed by atoms with E-state index in [9.17, 15) is 19.3 Å². The van der Waals surface area contributed by atoms with Crippen molar-refractivity contribution in [3.05, 3.63) is 28.1 Å². The maximum absolute atomic E-state index is 13.3. The summed E-state index contributed by atoms with van der Waals surface area (Å²) in [6, 6.07) is 1.79. The summed E-state index contributed by atoms with van der Waals surface area (Å²) in [6.45, 7) is 0.202. The van der Waals surface area contributed by atoms with E-state index in [1.54, 1.807) is 0 Å². The number of nitro groups is 1. The van der Waals surface area contributed by atoms with Crippen molar-refractivity contribution < 1.29 is 14.1 Å². The highest BCUT2D eigenvalue weighted by Gasteiger charge is 2.32. The van der Waals surface area contributed by atoms with Crippen LogP contribution in [0.1, 0.15) is 6.42 Å². The standard InChI is InChI=1S/C10H9ClFN3O3/c11-5-1-10(16)14(4-5)9-3-8(15(17)18)6(12)2-7(9)13/h2-3,5H,1,4,13H2. The first kappa shape index (κ1) is 12.6. The number of benzene rings is 1. The van der Waals surface area contributed by atoms with Crippen LogP contribution in [0.5, 0.6) is 0 Å². The number of nitrogens with two attached hydrogens (primary N) is 1. The van der Waals surface area contributed by atoms with Gasteiger partial charge in [0.2, 0.25) is 11.7 Å². The van der Waals surface area contributed by atoms with Gasteiger partial charge in [-0.3, -0.25) is 14.9 Å². The van der Waals surface area contributed by atoms with Crippen LogP contribution < -0.4 is 10.6 Å². The Morgan fingerprint density at radius 2 is 2.22 bits per heavy atom. The molecule has 8 heteroatoms. The second kappa shape index (κ2) is 4.41. The molecule has 0 saturated carbocycles. The molecule has 1 unspecified atom stereocenters. The van der Waals surface area contributed by atoms with Gasteiger partial charge in [0.1, 0.15) is 0 Å². The lowest BCUT2D eigenvalue weighted by atomic mass is 10.2. The Labute approximate surface area is 106 Å². The average molecular weight is 274 g/mol. The summed E-state index contributed by atoms with van der Waals surface area (Å²) in [4.78, 5) is 22.6. The summed E-state index contributed by atoms with van der Waals surface area (Å²) in [6.07, 6.45) is 0.131. The van der Waals surface area contributed by atoms with E-state index < -0.39 is 16.4 Å². The molecule has 1 fully saturated rings. The zero-order valence-corrected chi connectivity index (χ0v) is 9.85. The molecule has 6 nitrogen and oxygen atoms in total. The van der Waals surface area contributed by atoms with Crippen molar-refractivity contribution >= 4 is 34.6 Å². The minimum absolute atomic E-state index is 0.0304. The summed E-state index contributed by atoms with van der Waals surface area (Å²) >= 11 is 5.83. The first-order valence-electron chi connectivity index (χ1n) is 5.08. The van der Waals surface area contributed by atoms with Crippen molar-refractivity contribution in [1.82, 2.24) is 0 Å². The molecule has 1 aliphatic rings. The Morgan fingerprint density at radius 1 is 1.56 bits per heavy atom. The third kappa shape index (κ3) is 2.08. The molecule has 1 saturated heterocycles. The van der Waals surface area contributed by atoms with Crippen molar-refractivity contribution in [3.63, 3.8) is 0 Å². The summed E-state index contributed by atoms with van der Waals surface area (Å²) in [5.41, 5.74) is 4.95. The average Bonchev–Trinajstić information content (AvgIpc) is 2.57. The van der Waals surface area contributed by atoms with Gasteiger partial charge in [0.15, 0.2) is 0 Å². The fourth-order valence-corrected chi connectivity index (χ4v) is 2.11. The molecule has 1 amide bonds. The van der Waals surface area contributed by atoms with Gasteiger partial charge in [-0.05, 0) is 0 Å². The molecule has 1 aliphatic heterocycles. The third-order valence-corrected chi connectivity index (χ3v) is 2.95. The molecule has 0 bridgehead atoms. The minimum atomic E-state index is -1.03. The molecular weight excluding hydrogens is 265 g/mol. The van der Waals surface area contributed by atoms with Crippen LogP contribution in [0.2, 0.25) is 0 Å². The smallest absolute Gasteiger partial charge is 0.307 e. The topological polar surface area (TPSA) is 89.5 Å². The van der Waals surface area contributed by atoms with Crippen LogP contribution in [0, 0.1) is 15.9 Å². The Balaban J connectivity index is 2.48. The van der Waals surface area contributed by atoms with Gasteiger partial charge in [0.05, 0.1) is 21.7 Å². The molecule has 0 aliphatic carbocycles. The number of halogens is 2. The number of amides is 1. The molecule has 1 aromatic rings. The number of anilines is 2. The summed E-state index contributed by atoms with van der Waals surface area (Å²) in [5, 5.41) is 10.3. The lowest BCUT2D eigenvalue weighted by Gasteiger charge is -2.17. The summed E-state index contributed by atoms with van der Waals surface area (Å²) in [7, 11) is 0. The molecule has 1 heterocycles. The predicted octanol–water partition coefficient (Wildman–Crippen LogP) is 1.66. The summed E-state index contributed by atoms with van der Waals surface area (Å²) < 4.78 is 13.3. The summed E-state index contributed by atoms with van der Waals surface area (Å²) in [5.74, 6) is -1.32. The van der Waals surface area contributed by atoms with Crippen LogP contribution in [0.3, 0.4) is 0 Å². The van der Waals surface area contributed by atoms with E-state index in [-0.39, 0.29) is 35.6 Å². The maximum Gasteiger partial charge on any atom is 0.307 e. The highest BCUT2D eigenvalue weighted by molar-refractivity contribution is 6.24. The quantitative estimate of drug-likeness (QED) is 0.384. The maximum atomic E-state index is 13.3. The van der Waals surface area contributed by atoms with Gasteiger partial charge < -0.3 is 10.6 Å². The van der Waals surface area contributed by atoms with E-state index in [0.29, 0.717) is 0 Å². The van der Waals surface area contributed by atoms with E-state index >= 15 is 0 Å². The lowest BCUT2D eigenvalue weighted by Crippen LogP contribution is -2.25. The molecule has 2 N–H and O–H groups in total. The van der Waals surface area contributed by atoms with Crippen LogP contribution in [0.4, 0.5) is 21.5 Å². The van der Waals surface area contributed by atoms with Crippen molar-refractivity contribution in [1.29, 1.82) is 0 Å². The molecule has 0 spiro atoms. The first-order chi connectivity index (χ1) is 8.40. The highest BCUT2D eigenvalue weighted by atomic mass is 35.5. The Morgan fingerprint density at radius 3 is 2.72 bits per heavy atom. The number of hydrogen-bond donors (Lipinski definition) is 1. The largest absolute Gasteiger partial charge is 0.397 e. The van der Waals surface area contributed by atoms with Crippen LogP contribution in [-0.4, -0.2) is 22.8 Å². The van der Waals surface area contributed by atoms with Gasteiger partial charge in [-0.2, -0.15) is 4.39 Å². The molecule has 0 radical (unpaired) electrons. The molecule has 18 heavy (non-hydrogen) atoms. The van der Waals surface area contributed by atoms with Gasteiger partial charge in [-0.1, -0.05) is 0 Å². The van der Waals surface area contributed by atoms with Gasteiger partial charge in [0, 0.05) is 25.1 Å². The van der Waals surface area contributed by atoms with E-state index in [2.05, 4.69) is 0 Å². The SMILES string of the molecule is Nc1cc(F)c([N+](=O)[O-])cc1N1CC(Cl)CC1=O. The number of hydrogen-bond acceptors (Lipinski definition) is 4. The monoisotopic (exact) mass is 273 g/mol. The Bertz CT molecular complexity index is 537. The van der Waals surface area contributed by atoms with Crippen LogP contribution in [0.25, 0.3) is 0 Å².